The molecular formula is C16H21N5O2. The van der Waals surface area contributed by atoms with Crippen LogP contribution in [0.1, 0.15) is 85.5 Å². The number of nitrogens with one attached hydrogen (secondary N) is 1. The molecule has 0 radical (unpaired) electrons. The van der Waals surface area contributed by atoms with Gasteiger partial charge in [-0.15, -0.1) is 10.2 Å². The smallest absolute Gasteiger partial charge is 0.274 e. The molecule has 2 aromatic rings. The van der Waals surface area contributed by atoms with Gasteiger partial charge in [0.2, 0.25) is 0 Å². The fraction of sp³-hybridized carbons (Fsp3) is 0.625. The van der Waals surface area contributed by atoms with Gasteiger partial charge in [-0.1, -0.05) is 12.8 Å². The van der Waals surface area contributed by atoms with Gasteiger partial charge in [-0.3, -0.25) is 4.79 Å². The van der Waals surface area contributed by atoms with Gasteiger partial charge in [-0.2, -0.15) is 0 Å². The van der Waals surface area contributed by atoms with Gasteiger partial charge in [0, 0.05) is 12.0 Å². The highest BCUT2D eigenvalue weighted by Crippen LogP contribution is 2.41. The molecule has 2 aliphatic carbocycles. The third-order valence-corrected chi connectivity index (χ3v) is 4.81. The van der Waals surface area contributed by atoms with E-state index in [9.17, 15) is 4.79 Å². The van der Waals surface area contributed by atoms with Crippen molar-refractivity contribution in [2.24, 2.45) is 0 Å². The number of hydrogen-bond donors (Lipinski definition) is 1. The fourth-order valence-electron chi connectivity index (χ4n) is 3.42. The van der Waals surface area contributed by atoms with Crippen molar-refractivity contribution in [3.05, 3.63) is 30.0 Å². The first-order valence-corrected chi connectivity index (χ1v) is 8.37. The molecule has 1 atom stereocenters. The lowest BCUT2D eigenvalue weighted by molar-refractivity contribution is 0.0930. The summed E-state index contributed by atoms with van der Waals surface area (Å²) in [4.78, 5) is 16.6. The summed E-state index contributed by atoms with van der Waals surface area (Å²) >= 11 is 0. The predicted octanol–water partition coefficient (Wildman–Crippen LogP) is 2.75. The van der Waals surface area contributed by atoms with Crippen LogP contribution in [0.4, 0.5) is 0 Å². The molecular weight excluding hydrogens is 294 g/mol. The van der Waals surface area contributed by atoms with Crippen LogP contribution in [0, 0.1) is 0 Å². The molecule has 7 heteroatoms. The molecule has 2 saturated carbocycles. The Hall–Kier alpha value is -2.18. The lowest BCUT2D eigenvalue weighted by Gasteiger charge is -2.18. The Morgan fingerprint density at radius 1 is 1.35 bits per heavy atom. The lowest BCUT2D eigenvalue weighted by Crippen LogP contribution is -2.30. The van der Waals surface area contributed by atoms with Crippen LogP contribution in [0.2, 0.25) is 0 Å². The van der Waals surface area contributed by atoms with Crippen LogP contribution in [-0.2, 0) is 0 Å². The van der Waals surface area contributed by atoms with Gasteiger partial charge in [-0.05, 0) is 32.6 Å². The van der Waals surface area contributed by atoms with E-state index in [0.29, 0.717) is 23.4 Å². The number of hydrogen-bond acceptors (Lipinski definition) is 5. The van der Waals surface area contributed by atoms with Crippen LogP contribution in [-0.4, -0.2) is 25.7 Å². The van der Waals surface area contributed by atoms with Gasteiger partial charge in [0.15, 0.2) is 17.9 Å². The first-order chi connectivity index (χ1) is 11.2. The molecule has 2 heterocycles. The van der Waals surface area contributed by atoms with Crippen LogP contribution >= 0.6 is 0 Å². The lowest BCUT2D eigenvalue weighted by atomic mass is 10.2. The molecule has 122 valence electrons. The molecule has 7 nitrogen and oxygen atoms in total. The largest absolute Gasteiger partial charge is 0.447 e. The van der Waals surface area contributed by atoms with Crippen molar-refractivity contribution in [2.75, 3.05) is 0 Å². The Labute approximate surface area is 134 Å². The van der Waals surface area contributed by atoms with E-state index in [0.717, 1.165) is 31.5 Å². The zero-order valence-corrected chi connectivity index (χ0v) is 13.2. The number of rotatable bonds is 5. The molecule has 23 heavy (non-hydrogen) atoms. The number of carbonyl (C=O) groups excluding carboxylic acids is 1. The number of amides is 1. The Bertz CT molecular complexity index is 697. The fourth-order valence-corrected chi connectivity index (χ4v) is 3.42. The second-order valence-corrected chi connectivity index (χ2v) is 6.57. The molecule has 2 aliphatic rings. The second-order valence-electron chi connectivity index (χ2n) is 6.57. The van der Waals surface area contributed by atoms with Crippen molar-refractivity contribution in [1.29, 1.82) is 0 Å². The highest BCUT2D eigenvalue weighted by molar-refractivity contribution is 5.93. The van der Waals surface area contributed by atoms with Gasteiger partial charge in [-0.25, -0.2) is 4.98 Å². The monoisotopic (exact) mass is 315 g/mol. The van der Waals surface area contributed by atoms with Gasteiger partial charge in [0.25, 0.3) is 5.91 Å². The van der Waals surface area contributed by atoms with Gasteiger partial charge in [0.05, 0.1) is 6.04 Å². The minimum absolute atomic E-state index is 0.200. The molecule has 1 amide bonds. The molecule has 0 saturated heterocycles. The summed E-state index contributed by atoms with van der Waals surface area (Å²) in [5.74, 6) is 1.68. The number of aromatic nitrogens is 4. The van der Waals surface area contributed by atoms with Crippen LogP contribution < -0.4 is 5.32 Å². The molecule has 0 bridgehead atoms. The summed E-state index contributed by atoms with van der Waals surface area (Å²) in [5, 5.41) is 11.2. The average Bonchev–Trinajstić information content (AvgIpc) is 3.04. The maximum absolute atomic E-state index is 12.5. The molecule has 0 aliphatic heterocycles. The molecule has 1 N–H and O–H groups in total. The molecule has 2 fully saturated rings. The van der Waals surface area contributed by atoms with E-state index in [4.69, 9.17) is 4.42 Å². The zero-order chi connectivity index (χ0) is 15.8. The summed E-state index contributed by atoms with van der Waals surface area (Å²) in [5.41, 5.74) is 0.409. The summed E-state index contributed by atoms with van der Waals surface area (Å²) < 4.78 is 7.50. The Morgan fingerprint density at radius 3 is 2.87 bits per heavy atom. The summed E-state index contributed by atoms with van der Waals surface area (Å²) in [7, 11) is 0. The Morgan fingerprint density at radius 2 is 2.13 bits per heavy atom. The Balaban J connectivity index is 1.49. The van der Waals surface area contributed by atoms with E-state index >= 15 is 0 Å². The molecule has 0 spiro atoms. The van der Waals surface area contributed by atoms with Crippen molar-refractivity contribution in [2.45, 2.75) is 63.5 Å². The first kappa shape index (κ1) is 14.4. The van der Waals surface area contributed by atoms with Crippen LogP contribution in [0.15, 0.2) is 17.1 Å². The minimum atomic E-state index is -0.214. The van der Waals surface area contributed by atoms with Crippen molar-refractivity contribution in [1.82, 2.24) is 25.1 Å². The topological polar surface area (TPSA) is 85.8 Å². The van der Waals surface area contributed by atoms with Crippen molar-refractivity contribution < 1.29 is 9.21 Å². The number of oxazole rings is 1. The summed E-state index contributed by atoms with van der Waals surface area (Å²) in [6.07, 6.45) is 10.1. The predicted molar refractivity (Wildman–Crippen MR) is 81.9 cm³/mol. The SMILES string of the molecule is CC(NC(=O)c1ncoc1C1CC1)c1nncn1C1CCCC1. The van der Waals surface area contributed by atoms with E-state index in [1.165, 1.54) is 19.2 Å². The van der Waals surface area contributed by atoms with Crippen molar-refractivity contribution in [3.8, 4) is 0 Å². The van der Waals surface area contributed by atoms with E-state index in [-0.39, 0.29) is 11.9 Å². The standard InChI is InChI=1S/C16H21N5O2/c1-10(15-20-18-8-21(15)12-4-2-3-5-12)19-16(22)13-14(11-6-7-11)23-9-17-13/h8-12H,2-7H2,1H3,(H,19,22). The Kier molecular flexibility index (Phi) is 3.63. The average molecular weight is 315 g/mol. The molecule has 4 rings (SSSR count). The molecule has 2 aromatic heterocycles. The quantitative estimate of drug-likeness (QED) is 0.917. The summed E-state index contributed by atoms with van der Waals surface area (Å²) in [6.45, 7) is 1.93. The third-order valence-electron chi connectivity index (χ3n) is 4.81. The van der Waals surface area contributed by atoms with Crippen molar-refractivity contribution >= 4 is 5.91 Å². The second kappa shape index (κ2) is 5.79. The van der Waals surface area contributed by atoms with Crippen LogP contribution in [0.3, 0.4) is 0 Å². The van der Waals surface area contributed by atoms with Gasteiger partial charge in [0.1, 0.15) is 12.1 Å². The molecule has 0 aromatic carbocycles. The highest BCUT2D eigenvalue weighted by atomic mass is 16.3. The summed E-state index contributed by atoms with van der Waals surface area (Å²) in [6, 6.07) is 0.239. The number of carbonyl (C=O) groups is 1. The highest BCUT2D eigenvalue weighted by Gasteiger charge is 2.33. The van der Waals surface area contributed by atoms with E-state index in [2.05, 4.69) is 25.1 Å². The zero-order valence-electron chi connectivity index (χ0n) is 13.2. The van der Waals surface area contributed by atoms with Gasteiger partial charge >= 0.3 is 0 Å². The maximum Gasteiger partial charge on any atom is 0.274 e. The van der Waals surface area contributed by atoms with E-state index in [1.807, 2.05) is 6.92 Å². The van der Waals surface area contributed by atoms with Crippen LogP contribution in [0.25, 0.3) is 0 Å². The normalized spacial score (nSPS) is 19.9. The first-order valence-electron chi connectivity index (χ1n) is 8.37. The van der Waals surface area contributed by atoms with E-state index < -0.39 is 0 Å². The molecule has 1 unspecified atom stereocenters. The third kappa shape index (κ3) is 2.75. The van der Waals surface area contributed by atoms with Crippen molar-refractivity contribution in [3.63, 3.8) is 0 Å². The minimum Gasteiger partial charge on any atom is -0.447 e. The van der Waals surface area contributed by atoms with E-state index in [1.54, 1.807) is 6.33 Å². The number of nitrogens with zero attached hydrogens (tertiary/aromatic N) is 4. The van der Waals surface area contributed by atoms with Gasteiger partial charge < -0.3 is 14.3 Å². The van der Waals surface area contributed by atoms with Crippen LogP contribution in [0.5, 0.6) is 0 Å². The maximum atomic E-state index is 12.5.